The number of rotatable bonds is 7. The summed E-state index contributed by atoms with van der Waals surface area (Å²) in [5.74, 6) is 0.587. The van der Waals surface area contributed by atoms with Crippen LogP contribution in [-0.2, 0) is 9.22 Å². The molecule has 0 saturated carbocycles. The zero-order valence-electron chi connectivity index (χ0n) is 9.44. The number of hydrogen-bond donors (Lipinski definition) is 0. The first kappa shape index (κ1) is 14.0. The van der Waals surface area contributed by atoms with Gasteiger partial charge in [0.2, 0.25) is 8.32 Å². The van der Waals surface area contributed by atoms with Crippen LogP contribution in [0.15, 0.2) is 0 Å². The highest BCUT2D eigenvalue weighted by Crippen LogP contribution is 2.14. The highest BCUT2D eigenvalue weighted by atomic mass is 35.5. The Morgan fingerprint density at radius 1 is 1.36 bits per heavy atom. The van der Waals surface area contributed by atoms with Gasteiger partial charge >= 0.3 is 0 Å². The minimum absolute atomic E-state index is 0.0415. The molecule has 0 aromatic carbocycles. The van der Waals surface area contributed by atoms with E-state index in [1.54, 1.807) is 0 Å². The number of alkyl halides is 1. The van der Waals surface area contributed by atoms with Crippen LogP contribution in [0, 0.1) is 0 Å². The van der Waals surface area contributed by atoms with E-state index in [1.807, 2.05) is 0 Å². The highest BCUT2D eigenvalue weighted by Gasteiger charge is 2.25. The first-order chi connectivity index (χ1) is 6.52. The lowest BCUT2D eigenvalue weighted by atomic mass is 10.3. The van der Waals surface area contributed by atoms with Crippen molar-refractivity contribution in [3.63, 3.8) is 0 Å². The molecule has 4 heteroatoms. The van der Waals surface area contributed by atoms with Gasteiger partial charge in [-0.2, -0.15) is 0 Å². The van der Waals surface area contributed by atoms with Crippen LogP contribution in [0.4, 0.5) is 0 Å². The van der Waals surface area contributed by atoms with Crippen molar-refractivity contribution in [3.05, 3.63) is 0 Å². The first-order valence-corrected chi connectivity index (χ1v) is 8.94. The maximum Gasteiger partial charge on any atom is 0.292 e. The summed E-state index contributed by atoms with van der Waals surface area (Å²) in [5.41, 5.74) is 0. The van der Waals surface area contributed by atoms with Crippen LogP contribution in [0.3, 0.4) is 0 Å². The van der Waals surface area contributed by atoms with E-state index in [4.69, 9.17) is 16.0 Å². The third kappa shape index (κ3) is 7.39. The molecule has 0 saturated heterocycles. The Morgan fingerprint density at radius 3 is 2.50 bits per heavy atom. The molecule has 14 heavy (non-hydrogen) atoms. The number of carbonyl (C=O) groups excluding carboxylic acids is 1. The molecule has 0 bridgehead atoms. The van der Waals surface area contributed by atoms with E-state index < -0.39 is 8.32 Å². The minimum atomic E-state index is -1.71. The Bertz CT molecular complexity index is 172. The first-order valence-electron chi connectivity index (χ1n) is 5.29. The Kier molecular flexibility index (Phi) is 7.28. The Labute approximate surface area is 93.1 Å². The molecule has 0 N–H and O–H groups in total. The van der Waals surface area contributed by atoms with E-state index in [0.29, 0.717) is 12.3 Å². The van der Waals surface area contributed by atoms with Gasteiger partial charge in [0.05, 0.1) is 0 Å². The topological polar surface area (TPSA) is 26.3 Å². The molecule has 0 heterocycles. The number of carbonyl (C=O) groups is 1. The van der Waals surface area contributed by atoms with Crippen molar-refractivity contribution < 1.29 is 9.22 Å². The van der Waals surface area contributed by atoms with E-state index in [0.717, 1.165) is 25.3 Å². The second-order valence-electron chi connectivity index (χ2n) is 4.13. The molecule has 0 amide bonds. The molecular weight excluding hydrogens is 216 g/mol. The quantitative estimate of drug-likeness (QED) is 0.384. The van der Waals surface area contributed by atoms with Crippen molar-refractivity contribution in [2.24, 2.45) is 0 Å². The fraction of sp³-hybridized carbons (Fsp3) is 0.900. The second kappa shape index (κ2) is 7.29. The van der Waals surface area contributed by atoms with Crippen molar-refractivity contribution >= 4 is 25.9 Å². The largest absolute Gasteiger partial charge is 0.520 e. The SMILES string of the molecule is CCC[Si](C)(C)OC(=O)CCCCCl. The van der Waals surface area contributed by atoms with E-state index in [1.165, 1.54) is 0 Å². The molecule has 0 spiro atoms. The van der Waals surface area contributed by atoms with Crippen LogP contribution in [0.5, 0.6) is 0 Å². The monoisotopic (exact) mass is 236 g/mol. The average Bonchev–Trinajstić information content (AvgIpc) is 2.03. The van der Waals surface area contributed by atoms with Crippen molar-refractivity contribution in [1.82, 2.24) is 0 Å². The molecule has 84 valence electrons. The summed E-state index contributed by atoms with van der Waals surface area (Å²) in [4.78, 5) is 11.4. The normalized spacial score (nSPS) is 11.4. The summed E-state index contributed by atoms with van der Waals surface area (Å²) in [6.45, 7) is 6.31. The lowest BCUT2D eigenvalue weighted by Gasteiger charge is -2.21. The lowest BCUT2D eigenvalue weighted by Crippen LogP contribution is -2.32. The Balaban J connectivity index is 3.69. The summed E-state index contributed by atoms with van der Waals surface area (Å²) < 4.78 is 5.48. The van der Waals surface area contributed by atoms with Crippen LogP contribution in [-0.4, -0.2) is 20.2 Å². The molecular formula is C10H21ClO2Si. The zero-order valence-corrected chi connectivity index (χ0v) is 11.2. The van der Waals surface area contributed by atoms with Gasteiger partial charge in [-0.15, -0.1) is 11.6 Å². The lowest BCUT2D eigenvalue weighted by molar-refractivity contribution is -0.135. The maximum absolute atomic E-state index is 11.4. The molecule has 0 rings (SSSR count). The molecule has 0 atom stereocenters. The standard InChI is InChI=1S/C10H21ClO2Si/c1-4-9-14(2,3)13-10(12)7-5-6-8-11/h4-9H2,1-3H3. The van der Waals surface area contributed by atoms with E-state index >= 15 is 0 Å². The van der Waals surface area contributed by atoms with Gasteiger partial charge in [0.15, 0.2) is 0 Å². The van der Waals surface area contributed by atoms with E-state index in [2.05, 4.69) is 20.0 Å². The third-order valence-corrected chi connectivity index (χ3v) is 4.76. The predicted molar refractivity (Wildman–Crippen MR) is 63.2 cm³/mol. The van der Waals surface area contributed by atoms with Crippen molar-refractivity contribution in [2.75, 3.05) is 5.88 Å². The summed E-state index contributed by atoms with van der Waals surface area (Å²) in [6, 6.07) is 1.05. The summed E-state index contributed by atoms with van der Waals surface area (Å²) in [7, 11) is -1.71. The van der Waals surface area contributed by atoms with Gasteiger partial charge in [0.1, 0.15) is 0 Å². The molecule has 0 fully saturated rings. The fourth-order valence-corrected chi connectivity index (χ4v) is 3.59. The second-order valence-corrected chi connectivity index (χ2v) is 8.73. The molecule has 0 radical (unpaired) electrons. The average molecular weight is 237 g/mol. The van der Waals surface area contributed by atoms with Gasteiger partial charge in [-0.1, -0.05) is 13.3 Å². The predicted octanol–water partition coefficient (Wildman–Crippen LogP) is 3.55. The van der Waals surface area contributed by atoms with Gasteiger partial charge in [-0.05, 0) is 32.0 Å². The maximum atomic E-state index is 11.4. The number of unbranched alkanes of at least 4 members (excludes halogenated alkanes) is 1. The smallest absolute Gasteiger partial charge is 0.292 e. The van der Waals surface area contributed by atoms with Gasteiger partial charge in [-0.3, -0.25) is 4.79 Å². The van der Waals surface area contributed by atoms with Gasteiger partial charge in [-0.25, -0.2) is 0 Å². The third-order valence-electron chi connectivity index (χ3n) is 2.01. The van der Waals surface area contributed by atoms with Crippen molar-refractivity contribution in [2.45, 2.75) is 51.7 Å². The van der Waals surface area contributed by atoms with Crippen molar-refractivity contribution in [3.8, 4) is 0 Å². The number of hydrogen-bond acceptors (Lipinski definition) is 2. The highest BCUT2D eigenvalue weighted by molar-refractivity contribution is 6.72. The minimum Gasteiger partial charge on any atom is -0.520 e. The molecule has 0 aromatic rings. The Morgan fingerprint density at radius 2 is 2.00 bits per heavy atom. The van der Waals surface area contributed by atoms with Crippen molar-refractivity contribution in [1.29, 1.82) is 0 Å². The molecule has 2 nitrogen and oxygen atoms in total. The molecule has 0 unspecified atom stereocenters. The summed E-state index contributed by atoms with van der Waals surface area (Å²) >= 11 is 5.52. The molecule has 0 aliphatic heterocycles. The zero-order chi connectivity index (χ0) is 11.0. The van der Waals surface area contributed by atoms with Gasteiger partial charge in [0, 0.05) is 12.3 Å². The summed E-state index contributed by atoms with van der Waals surface area (Å²) in [5, 5.41) is 0. The van der Waals surface area contributed by atoms with Crippen LogP contribution < -0.4 is 0 Å². The molecule has 0 aliphatic carbocycles. The fourth-order valence-electron chi connectivity index (χ4n) is 1.38. The van der Waals surface area contributed by atoms with E-state index in [9.17, 15) is 4.79 Å². The van der Waals surface area contributed by atoms with Gasteiger partial charge < -0.3 is 4.43 Å². The summed E-state index contributed by atoms with van der Waals surface area (Å²) in [6.07, 6.45) is 3.35. The van der Waals surface area contributed by atoms with Crippen LogP contribution in [0.25, 0.3) is 0 Å². The molecule has 0 aliphatic rings. The van der Waals surface area contributed by atoms with Crippen LogP contribution in [0.2, 0.25) is 19.1 Å². The van der Waals surface area contributed by atoms with Crippen LogP contribution in [0.1, 0.15) is 32.6 Å². The van der Waals surface area contributed by atoms with Gasteiger partial charge in [0.25, 0.3) is 5.97 Å². The Hall–Kier alpha value is -0.0231. The molecule has 0 aromatic heterocycles. The van der Waals surface area contributed by atoms with E-state index in [-0.39, 0.29) is 5.97 Å². The van der Waals surface area contributed by atoms with Crippen LogP contribution >= 0.6 is 11.6 Å². The number of halogens is 1.